The smallest absolute Gasteiger partial charge is 0.341 e. The van der Waals surface area contributed by atoms with Crippen molar-refractivity contribution >= 4 is 28.5 Å². The van der Waals surface area contributed by atoms with E-state index in [2.05, 4.69) is 10.3 Å². The van der Waals surface area contributed by atoms with Crippen LogP contribution in [0.5, 0.6) is 0 Å². The van der Waals surface area contributed by atoms with Gasteiger partial charge in [-0.2, -0.15) is 0 Å². The summed E-state index contributed by atoms with van der Waals surface area (Å²) < 4.78 is 5.42. The molecule has 138 valence electrons. The highest BCUT2D eigenvalue weighted by molar-refractivity contribution is 6.01. The third-order valence-electron chi connectivity index (χ3n) is 4.48. The number of aromatic nitrogens is 1. The molecule has 0 spiro atoms. The molecular formula is C22H22N2O3. The average molecular weight is 362 g/mol. The number of esters is 1. The minimum absolute atomic E-state index is 0.377. The van der Waals surface area contributed by atoms with Crippen LogP contribution in [-0.4, -0.2) is 23.0 Å². The van der Waals surface area contributed by atoms with Crippen LogP contribution in [0.3, 0.4) is 0 Å². The monoisotopic (exact) mass is 362 g/mol. The number of aryl methyl sites for hydroxylation is 3. The van der Waals surface area contributed by atoms with Gasteiger partial charge in [0, 0.05) is 11.1 Å². The molecule has 0 saturated carbocycles. The summed E-state index contributed by atoms with van der Waals surface area (Å²) in [4.78, 5) is 29.6. The van der Waals surface area contributed by atoms with Gasteiger partial charge in [0.15, 0.2) is 6.10 Å². The number of hydrogen-bond donors (Lipinski definition) is 1. The lowest BCUT2D eigenvalue weighted by Gasteiger charge is -2.16. The second-order valence-electron chi connectivity index (χ2n) is 6.62. The van der Waals surface area contributed by atoms with Crippen LogP contribution in [-0.2, 0) is 9.53 Å². The van der Waals surface area contributed by atoms with E-state index in [0.29, 0.717) is 16.9 Å². The van der Waals surface area contributed by atoms with Crippen molar-refractivity contribution in [3.05, 3.63) is 70.9 Å². The Balaban J connectivity index is 1.78. The number of anilines is 1. The van der Waals surface area contributed by atoms with Crippen molar-refractivity contribution in [2.75, 3.05) is 5.32 Å². The Labute approximate surface area is 158 Å². The highest BCUT2D eigenvalue weighted by Crippen LogP contribution is 2.23. The molecule has 0 bridgehead atoms. The molecule has 1 aromatic heterocycles. The van der Waals surface area contributed by atoms with Crippen LogP contribution in [0.25, 0.3) is 10.9 Å². The Morgan fingerprint density at radius 1 is 1.04 bits per heavy atom. The topological polar surface area (TPSA) is 68.3 Å². The van der Waals surface area contributed by atoms with Crippen molar-refractivity contribution in [1.29, 1.82) is 0 Å². The predicted molar refractivity (Wildman–Crippen MR) is 106 cm³/mol. The summed E-state index contributed by atoms with van der Waals surface area (Å²) in [5, 5.41) is 3.66. The number of nitrogens with one attached hydrogen (secondary N) is 1. The van der Waals surface area contributed by atoms with E-state index in [9.17, 15) is 9.59 Å². The van der Waals surface area contributed by atoms with Crippen molar-refractivity contribution < 1.29 is 14.3 Å². The summed E-state index contributed by atoms with van der Waals surface area (Å²) in [6, 6.07) is 15.1. The molecule has 0 unspecified atom stereocenters. The molecule has 3 aromatic rings. The van der Waals surface area contributed by atoms with E-state index in [1.54, 1.807) is 19.9 Å². The number of carbonyl (C=O) groups excluding carboxylic acids is 2. The van der Waals surface area contributed by atoms with E-state index in [1.807, 2.05) is 56.3 Å². The standard InChI is InChI=1S/C22H22N2O3/c1-13-8-7-9-17(12-13)24-21(25)16(4)27-22(26)20-14(2)18-10-5-6-11-19(18)23-15(20)3/h5-12,16H,1-4H3,(H,24,25)/t16-/m0/s1. The molecule has 0 saturated heterocycles. The highest BCUT2D eigenvalue weighted by Gasteiger charge is 2.23. The minimum atomic E-state index is -0.928. The Bertz CT molecular complexity index is 1030. The van der Waals surface area contributed by atoms with Gasteiger partial charge < -0.3 is 10.1 Å². The SMILES string of the molecule is Cc1cccc(NC(=O)[C@H](C)OC(=O)c2c(C)nc3ccccc3c2C)c1. The maximum absolute atomic E-state index is 12.7. The first kappa shape index (κ1) is 18.6. The molecule has 2 aromatic carbocycles. The molecular weight excluding hydrogens is 340 g/mol. The highest BCUT2D eigenvalue weighted by atomic mass is 16.5. The predicted octanol–water partition coefficient (Wildman–Crippen LogP) is 4.34. The first-order chi connectivity index (χ1) is 12.9. The number of amides is 1. The van der Waals surface area contributed by atoms with Crippen LogP contribution in [0.2, 0.25) is 0 Å². The number of para-hydroxylation sites is 1. The molecule has 5 heteroatoms. The van der Waals surface area contributed by atoms with Gasteiger partial charge in [-0.3, -0.25) is 9.78 Å². The van der Waals surface area contributed by atoms with Crippen LogP contribution < -0.4 is 5.32 Å². The zero-order chi connectivity index (χ0) is 19.6. The molecule has 3 rings (SSSR count). The number of carbonyl (C=O) groups is 2. The van der Waals surface area contributed by atoms with Crippen LogP contribution in [0, 0.1) is 20.8 Å². The molecule has 1 heterocycles. The third-order valence-corrected chi connectivity index (χ3v) is 4.48. The van der Waals surface area contributed by atoms with Crippen molar-refractivity contribution in [3.8, 4) is 0 Å². The number of rotatable bonds is 4. The molecule has 0 aliphatic rings. The fraction of sp³-hybridized carbons (Fsp3) is 0.227. The van der Waals surface area contributed by atoms with E-state index in [1.165, 1.54) is 0 Å². The second kappa shape index (κ2) is 7.58. The first-order valence-electron chi connectivity index (χ1n) is 8.81. The minimum Gasteiger partial charge on any atom is -0.449 e. The van der Waals surface area contributed by atoms with Crippen LogP contribution in [0.15, 0.2) is 48.5 Å². The van der Waals surface area contributed by atoms with E-state index in [-0.39, 0.29) is 5.91 Å². The normalized spacial score (nSPS) is 11.9. The fourth-order valence-corrected chi connectivity index (χ4v) is 3.07. The molecule has 27 heavy (non-hydrogen) atoms. The number of pyridine rings is 1. The number of ether oxygens (including phenoxy) is 1. The molecule has 5 nitrogen and oxygen atoms in total. The van der Waals surface area contributed by atoms with Gasteiger partial charge in [-0.25, -0.2) is 4.79 Å². The first-order valence-corrected chi connectivity index (χ1v) is 8.81. The van der Waals surface area contributed by atoms with E-state index in [0.717, 1.165) is 22.0 Å². The summed E-state index contributed by atoms with van der Waals surface area (Å²) >= 11 is 0. The van der Waals surface area contributed by atoms with Gasteiger partial charge in [0.1, 0.15) is 0 Å². The number of hydrogen-bond acceptors (Lipinski definition) is 4. The van der Waals surface area contributed by atoms with Gasteiger partial charge in [-0.05, 0) is 57.0 Å². The fourth-order valence-electron chi connectivity index (χ4n) is 3.07. The molecule has 0 radical (unpaired) electrons. The maximum atomic E-state index is 12.7. The largest absolute Gasteiger partial charge is 0.449 e. The molecule has 1 N–H and O–H groups in total. The average Bonchev–Trinajstić information content (AvgIpc) is 2.61. The Kier molecular flexibility index (Phi) is 5.21. The van der Waals surface area contributed by atoms with Crippen molar-refractivity contribution in [2.24, 2.45) is 0 Å². The molecule has 1 atom stereocenters. The Morgan fingerprint density at radius 3 is 2.52 bits per heavy atom. The summed E-state index contributed by atoms with van der Waals surface area (Å²) in [7, 11) is 0. The van der Waals surface area contributed by atoms with Gasteiger partial charge in [0.25, 0.3) is 5.91 Å². The molecule has 0 aliphatic carbocycles. The lowest BCUT2D eigenvalue weighted by Crippen LogP contribution is -2.30. The van der Waals surface area contributed by atoms with E-state index >= 15 is 0 Å². The summed E-state index contributed by atoms with van der Waals surface area (Å²) in [6.07, 6.45) is -0.928. The number of fused-ring (bicyclic) bond motifs is 1. The zero-order valence-corrected chi connectivity index (χ0v) is 15.9. The van der Waals surface area contributed by atoms with Crippen LogP contribution >= 0.6 is 0 Å². The van der Waals surface area contributed by atoms with Gasteiger partial charge in [0.2, 0.25) is 0 Å². The van der Waals surface area contributed by atoms with Crippen molar-refractivity contribution in [1.82, 2.24) is 4.98 Å². The lowest BCUT2D eigenvalue weighted by atomic mass is 10.0. The molecule has 0 aliphatic heterocycles. The van der Waals surface area contributed by atoms with Crippen LogP contribution in [0.4, 0.5) is 5.69 Å². The van der Waals surface area contributed by atoms with Gasteiger partial charge in [0.05, 0.1) is 16.8 Å². The summed E-state index contributed by atoms with van der Waals surface area (Å²) in [5.41, 5.74) is 4.32. The van der Waals surface area contributed by atoms with E-state index < -0.39 is 12.1 Å². The Hall–Kier alpha value is -3.21. The van der Waals surface area contributed by atoms with Crippen molar-refractivity contribution in [2.45, 2.75) is 33.8 Å². The van der Waals surface area contributed by atoms with Gasteiger partial charge in [-0.1, -0.05) is 30.3 Å². The number of benzene rings is 2. The Morgan fingerprint density at radius 2 is 1.78 bits per heavy atom. The van der Waals surface area contributed by atoms with Crippen molar-refractivity contribution in [3.63, 3.8) is 0 Å². The third kappa shape index (κ3) is 3.97. The second-order valence-corrected chi connectivity index (χ2v) is 6.62. The quantitative estimate of drug-likeness (QED) is 0.701. The lowest BCUT2D eigenvalue weighted by molar-refractivity contribution is -0.123. The summed E-state index contributed by atoms with van der Waals surface area (Å²) in [6.45, 7) is 7.14. The zero-order valence-electron chi connectivity index (χ0n) is 15.9. The van der Waals surface area contributed by atoms with Crippen LogP contribution in [0.1, 0.15) is 34.1 Å². The van der Waals surface area contributed by atoms with Gasteiger partial charge in [-0.15, -0.1) is 0 Å². The number of nitrogens with zero attached hydrogens (tertiary/aromatic N) is 1. The molecule has 1 amide bonds. The van der Waals surface area contributed by atoms with Gasteiger partial charge >= 0.3 is 5.97 Å². The van der Waals surface area contributed by atoms with E-state index in [4.69, 9.17) is 4.74 Å². The maximum Gasteiger partial charge on any atom is 0.341 e. The summed E-state index contributed by atoms with van der Waals surface area (Å²) in [5.74, 6) is -0.923. The molecule has 0 fully saturated rings.